The molecule has 3 heterocycles. The number of morpholine rings is 1. The summed E-state index contributed by atoms with van der Waals surface area (Å²) in [6.07, 6.45) is 3.28. The molecule has 6 heteroatoms. The minimum atomic E-state index is 0.0420. The van der Waals surface area contributed by atoms with Crippen molar-refractivity contribution in [2.75, 3.05) is 26.3 Å². The van der Waals surface area contributed by atoms with Crippen molar-refractivity contribution in [3.8, 4) is 0 Å². The standard InChI is InChI=1S/C16H21N3O2S/c1-10-2-3-11-12(8-10)22-16-14(11)15(20)17-13(18-16)9-19-4-6-21-7-5-19/h10H,2-9H2,1H3,(H,17,18,20). The van der Waals surface area contributed by atoms with Crippen LogP contribution < -0.4 is 5.56 Å². The van der Waals surface area contributed by atoms with Crippen molar-refractivity contribution < 1.29 is 4.74 Å². The van der Waals surface area contributed by atoms with Gasteiger partial charge in [-0.2, -0.15) is 0 Å². The van der Waals surface area contributed by atoms with Crippen LogP contribution >= 0.6 is 11.3 Å². The van der Waals surface area contributed by atoms with Crippen molar-refractivity contribution in [2.24, 2.45) is 5.92 Å². The van der Waals surface area contributed by atoms with Gasteiger partial charge in [0, 0.05) is 18.0 Å². The molecule has 1 aliphatic carbocycles. The minimum absolute atomic E-state index is 0.0420. The second-order valence-corrected chi connectivity index (χ2v) is 7.52. The Kier molecular flexibility index (Phi) is 3.76. The number of nitrogens with zero attached hydrogens (tertiary/aromatic N) is 2. The van der Waals surface area contributed by atoms with E-state index in [1.54, 1.807) is 11.3 Å². The highest BCUT2D eigenvalue weighted by molar-refractivity contribution is 7.18. The summed E-state index contributed by atoms with van der Waals surface area (Å²) in [5.41, 5.74) is 1.30. The maximum Gasteiger partial charge on any atom is 0.259 e. The summed E-state index contributed by atoms with van der Waals surface area (Å²) in [5.74, 6) is 1.50. The van der Waals surface area contributed by atoms with E-state index in [0.29, 0.717) is 12.5 Å². The second-order valence-electron chi connectivity index (χ2n) is 6.43. The number of H-pyrrole nitrogens is 1. The maximum absolute atomic E-state index is 12.5. The van der Waals surface area contributed by atoms with Crippen LogP contribution in [0.5, 0.6) is 0 Å². The first-order valence-corrected chi connectivity index (χ1v) is 8.86. The average molecular weight is 319 g/mol. The Labute approximate surface area is 133 Å². The number of thiophene rings is 1. The highest BCUT2D eigenvalue weighted by Crippen LogP contribution is 2.35. The third kappa shape index (κ3) is 2.59. The zero-order valence-corrected chi connectivity index (χ0v) is 13.7. The number of aromatic amines is 1. The number of fused-ring (bicyclic) bond motifs is 3. The Balaban J connectivity index is 1.69. The lowest BCUT2D eigenvalue weighted by atomic mass is 9.89. The highest BCUT2D eigenvalue weighted by Gasteiger charge is 2.23. The molecule has 0 aromatic carbocycles. The monoisotopic (exact) mass is 319 g/mol. The van der Waals surface area contributed by atoms with Crippen molar-refractivity contribution in [2.45, 2.75) is 32.7 Å². The third-order valence-electron chi connectivity index (χ3n) is 4.69. The zero-order chi connectivity index (χ0) is 15.1. The number of aromatic nitrogens is 2. The number of hydrogen-bond donors (Lipinski definition) is 1. The van der Waals surface area contributed by atoms with Gasteiger partial charge in [-0.1, -0.05) is 6.92 Å². The minimum Gasteiger partial charge on any atom is -0.379 e. The van der Waals surface area contributed by atoms with Crippen LogP contribution in [0.1, 0.15) is 29.6 Å². The van der Waals surface area contributed by atoms with Gasteiger partial charge in [0.2, 0.25) is 0 Å². The van der Waals surface area contributed by atoms with Gasteiger partial charge in [-0.3, -0.25) is 9.69 Å². The van der Waals surface area contributed by atoms with E-state index >= 15 is 0 Å². The van der Waals surface area contributed by atoms with E-state index in [1.165, 1.54) is 16.9 Å². The van der Waals surface area contributed by atoms with Gasteiger partial charge in [0.25, 0.3) is 5.56 Å². The van der Waals surface area contributed by atoms with Crippen LogP contribution in [-0.4, -0.2) is 41.2 Å². The van der Waals surface area contributed by atoms with Crippen molar-refractivity contribution in [1.29, 1.82) is 0 Å². The van der Waals surface area contributed by atoms with Gasteiger partial charge in [0.05, 0.1) is 25.1 Å². The molecule has 22 heavy (non-hydrogen) atoms. The molecule has 1 atom stereocenters. The van der Waals surface area contributed by atoms with E-state index in [2.05, 4.69) is 16.8 Å². The molecule has 118 valence electrons. The number of nitrogens with one attached hydrogen (secondary N) is 1. The Morgan fingerprint density at radius 1 is 1.41 bits per heavy atom. The first kappa shape index (κ1) is 14.4. The summed E-state index contributed by atoms with van der Waals surface area (Å²) in [6, 6.07) is 0. The van der Waals surface area contributed by atoms with Gasteiger partial charge in [-0.25, -0.2) is 4.98 Å². The molecule has 0 amide bonds. The summed E-state index contributed by atoms with van der Waals surface area (Å²) >= 11 is 1.72. The van der Waals surface area contributed by atoms with Gasteiger partial charge < -0.3 is 9.72 Å². The van der Waals surface area contributed by atoms with Crippen molar-refractivity contribution >= 4 is 21.6 Å². The van der Waals surface area contributed by atoms with Gasteiger partial charge in [-0.05, 0) is 30.7 Å². The molecule has 0 radical (unpaired) electrons. The third-order valence-corrected chi connectivity index (χ3v) is 5.84. The topological polar surface area (TPSA) is 58.2 Å². The van der Waals surface area contributed by atoms with Gasteiger partial charge in [0.15, 0.2) is 0 Å². The number of hydrogen-bond acceptors (Lipinski definition) is 5. The summed E-state index contributed by atoms with van der Waals surface area (Å²) < 4.78 is 5.36. The van der Waals surface area contributed by atoms with E-state index in [0.717, 1.165) is 55.2 Å². The molecule has 1 N–H and O–H groups in total. The summed E-state index contributed by atoms with van der Waals surface area (Å²) in [4.78, 5) is 24.8. The second kappa shape index (κ2) is 5.76. The first-order valence-electron chi connectivity index (χ1n) is 8.04. The van der Waals surface area contributed by atoms with Crippen molar-refractivity contribution in [3.63, 3.8) is 0 Å². The predicted molar refractivity (Wildman–Crippen MR) is 87.5 cm³/mol. The van der Waals surface area contributed by atoms with E-state index in [1.807, 2.05) is 0 Å². The normalized spacial score (nSPS) is 22.9. The Morgan fingerprint density at radius 2 is 2.23 bits per heavy atom. The zero-order valence-electron chi connectivity index (χ0n) is 12.9. The lowest BCUT2D eigenvalue weighted by Crippen LogP contribution is -2.36. The fourth-order valence-electron chi connectivity index (χ4n) is 3.44. The van der Waals surface area contributed by atoms with E-state index < -0.39 is 0 Å². The highest BCUT2D eigenvalue weighted by atomic mass is 32.1. The fraction of sp³-hybridized carbons (Fsp3) is 0.625. The molecule has 2 aromatic heterocycles. The molecule has 2 aliphatic rings. The van der Waals surface area contributed by atoms with Crippen LogP contribution in [0.25, 0.3) is 10.2 Å². The SMILES string of the molecule is CC1CCc2c(sc3nc(CN4CCOCC4)[nH]c(=O)c23)C1. The molecule has 1 unspecified atom stereocenters. The van der Waals surface area contributed by atoms with Crippen LogP contribution in [0, 0.1) is 5.92 Å². The van der Waals surface area contributed by atoms with Gasteiger partial charge >= 0.3 is 0 Å². The summed E-state index contributed by atoms with van der Waals surface area (Å²) in [7, 11) is 0. The summed E-state index contributed by atoms with van der Waals surface area (Å²) in [5, 5.41) is 0.845. The molecule has 2 aromatic rings. The lowest BCUT2D eigenvalue weighted by Gasteiger charge is -2.25. The molecule has 0 bridgehead atoms. The molecular formula is C16H21N3O2S. The van der Waals surface area contributed by atoms with Crippen molar-refractivity contribution in [1.82, 2.24) is 14.9 Å². The Hall–Kier alpha value is -1.24. The smallest absolute Gasteiger partial charge is 0.259 e. The van der Waals surface area contributed by atoms with E-state index in [9.17, 15) is 4.79 Å². The average Bonchev–Trinajstić information content (AvgIpc) is 2.85. The van der Waals surface area contributed by atoms with Crippen LogP contribution in [0.15, 0.2) is 4.79 Å². The molecule has 5 nitrogen and oxygen atoms in total. The van der Waals surface area contributed by atoms with Crippen LogP contribution in [0.2, 0.25) is 0 Å². The van der Waals surface area contributed by atoms with Crippen LogP contribution in [0.4, 0.5) is 0 Å². The quantitative estimate of drug-likeness (QED) is 0.919. The molecule has 1 aliphatic heterocycles. The molecular weight excluding hydrogens is 298 g/mol. The number of aryl methyl sites for hydroxylation is 1. The molecule has 1 saturated heterocycles. The predicted octanol–water partition coefficient (Wildman–Crippen LogP) is 1.94. The fourth-order valence-corrected chi connectivity index (χ4v) is 4.84. The Morgan fingerprint density at radius 3 is 3.05 bits per heavy atom. The van der Waals surface area contributed by atoms with Crippen LogP contribution in [0.3, 0.4) is 0 Å². The molecule has 0 saturated carbocycles. The number of ether oxygens (including phenoxy) is 1. The largest absolute Gasteiger partial charge is 0.379 e. The van der Waals surface area contributed by atoms with Gasteiger partial charge in [-0.15, -0.1) is 11.3 Å². The van der Waals surface area contributed by atoms with Crippen LogP contribution in [-0.2, 0) is 24.1 Å². The Bertz CT molecular complexity index is 746. The number of rotatable bonds is 2. The molecule has 1 fully saturated rings. The van der Waals surface area contributed by atoms with Crippen molar-refractivity contribution in [3.05, 3.63) is 26.6 Å². The summed E-state index contributed by atoms with van der Waals surface area (Å²) in [6.45, 7) is 6.32. The molecule has 4 rings (SSSR count). The van der Waals surface area contributed by atoms with E-state index in [-0.39, 0.29) is 5.56 Å². The maximum atomic E-state index is 12.5. The molecule has 0 spiro atoms. The first-order chi connectivity index (χ1) is 10.7. The van der Waals surface area contributed by atoms with Gasteiger partial charge in [0.1, 0.15) is 10.7 Å². The van der Waals surface area contributed by atoms with E-state index in [4.69, 9.17) is 9.72 Å². The lowest BCUT2D eigenvalue weighted by molar-refractivity contribution is 0.0331.